The molecule has 8 heteroatoms. The van der Waals surface area contributed by atoms with E-state index in [4.69, 9.17) is 11.6 Å². The standard InChI is InChI=1S/C18H16ClF3N2O2/c19-14-5-3-12(4-6-14)13-10-16(25)24(11-13)15-2-1-8-23(17(15)26)9-7-18(20,21)22/h1-6,8,13H,7,9-11H2/t13-/m0/s1. The minimum atomic E-state index is -4.35. The molecule has 1 fully saturated rings. The largest absolute Gasteiger partial charge is 0.390 e. The Balaban J connectivity index is 1.82. The van der Waals surface area contributed by atoms with Crippen molar-refractivity contribution in [2.45, 2.75) is 31.5 Å². The summed E-state index contributed by atoms with van der Waals surface area (Å²) in [5.74, 6) is -0.321. The Labute approximate surface area is 152 Å². The molecule has 0 N–H and O–H groups in total. The average Bonchev–Trinajstić information content (AvgIpc) is 2.95. The lowest BCUT2D eigenvalue weighted by molar-refractivity contribution is -0.136. The maximum Gasteiger partial charge on any atom is 0.390 e. The van der Waals surface area contributed by atoms with Gasteiger partial charge in [0.1, 0.15) is 5.69 Å². The van der Waals surface area contributed by atoms with Crippen LogP contribution in [0.3, 0.4) is 0 Å². The van der Waals surface area contributed by atoms with Gasteiger partial charge in [-0.3, -0.25) is 9.59 Å². The number of nitrogens with zero attached hydrogens (tertiary/aromatic N) is 2. The van der Waals surface area contributed by atoms with Crippen molar-refractivity contribution in [1.82, 2.24) is 4.57 Å². The smallest absolute Gasteiger partial charge is 0.313 e. The zero-order chi connectivity index (χ0) is 18.9. The second kappa shape index (κ2) is 7.15. The predicted molar refractivity (Wildman–Crippen MR) is 92.5 cm³/mol. The monoisotopic (exact) mass is 384 g/mol. The summed E-state index contributed by atoms with van der Waals surface area (Å²) in [6.45, 7) is -0.169. The molecule has 1 aromatic heterocycles. The lowest BCUT2D eigenvalue weighted by atomic mass is 9.98. The Morgan fingerprint density at radius 1 is 1.12 bits per heavy atom. The van der Waals surface area contributed by atoms with E-state index in [9.17, 15) is 22.8 Å². The van der Waals surface area contributed by atoms with Crippen molar-refractivity contribution < 1.29 is 18.0 Å². The fraction of sp³-hybridized carbons (Fsp3) is 0.333. The van der Waals surface area contributed by atoms with Gasteiger partial charge < -0.3 is 9.47 Å². The summed E-state index contributed by atoms with van der Waals surface area (Å²) in [4.78, 5) is 26.2. The third kappa shape index (κ3) is 4.09. The van der Waals surface area contributed by atoms with E-state index in [0.717, 1.165) is 10.1 Å². The van der Waals surface area contributed by atoms with Gasteiger partial charge in [0.15, 0.2) is 0 Å². The van der Waals surface area contributed by atoms with Crippen LogP contribution in [-0.4, -0.2) is 23.2 Å². The molecular formula is C18H16ClF3N2O2. The number of benzene rings is 1. The van der Waals surface area contributed by atoms with Crippen molar-refractivity contribution in [3.05, 3.63) is 63.5 Å². The maximum absolute atomic E-state index is 12.5. The minimum Gasteiger partial charge on any atom is -0.313 e. The molecule has 0 aliphatic carbocycles. The highest BCUT2D eigenvalue weighted by Crippen LogP contribution is 2.31. The van der Waals surface area contributed by atoms with Gasteiger partial charge in [0.25, 0.3) is 5.56 Å². The van der Waals surface area contributed by atoms with Gasteiger partial charge in [-0.05, 0) is 29.8 Å². The van der Waals surface area contributed by atoms with Crippen molar-refractivity contribution in [2.24, 2.45) is 0 Å². The van der Waals surface area contributed by atoms with Crippen LogP contribution in [0.15, 0.2) is 47.4 Å². The second-order valence-corrected chi connectivity index (χ2v) is 6.65. The van der Waals surface area contributed by atoms with Crippen LogP contribution in [0, 0.1) is 0 Å². The number of rotatable bonds is 4. The topological polar surface area (TPSA) is 42.3 Å². The third-order valence-corrected chi connectivity index (χ3v) is 4.65. The van der Waals surface area contributed by atoms with Crippen molar-refractivity contribution in [3.8, 4) is 0 Å². The van der Waals surface area contributed by atoms with Crippen molar-refractivity contribution in [3.63, 3.8) is 0 Å². The van der Waals surface area contributed by atoms with Crippen LogP contribution in [0.1, 0.15) is 24.3 Å². The Bertz CT molecular complexity index is 862. The molecule has 1 amide bonds. The lowest BCUT2D eigenvalue weighted by Gasteiger charge is -2.18. The van der Waals surface area contributed by atoms with Crippen molar-refractivity contribution in [1.29, 1.82) is 0 Å². The van der Waals surface area contributed by atoms with Gasteiger partial charge in [0.05, 0.1) is 6.42 Å². The summed E-state index contributed by atoms with van der Waals surface area (Å²) < 4.78 is 38.2. The van der Waals surface area contributed by atoms with E-state index in [1.54, 1.807) is 12.1 Å². The first kappa shape index (κ1) is 18.5. The van der Waals surface area contributed by atoms with Crippen LogP contribution >= 0.6 is 11.6 Å². The number of halogens is 4. The molecule has 0 radical (unpaired) electrons. The van der Waals surface area contributed by atoms with Gasteiger partial charge in [-0.15, -0.1) is 0 Å². The fourth-order valence-corrected chi connectivity index (χ4v) is 3.18. The van der Waals surface area contributed by atoms with Crippen LogP contribution in [-0.2, 0) is 11.3 Å². The SMILES string of the molecule is O=C1C[C@H](c2ccc(Cl)cc2)CN1c1cccn(CCC(F)(F)F)c1=O. The molecule has 1 atom stereocenters. The highest BCUT2D eigenvalue weighted by Gasteiger charge is 2.33. The molecule has 1 aromatic carbocycles. The first-order valence-electron chi connectivity index (χ1n) is 8.06. The number of hydrogen-bond donors (Lipinski definition) is 0. The zero-order valence-electron chi connectivity index (χ0n) is 13.7. The molecule has 0 bridgehead atoms. The van der Waals surface area contributed by atoms with Gasteiger partial charge in [-0.2, -0.15) is 13.2 Å². The average molecular weight is 385 g/mol. The molecule has 1 aliphatic rings. The van der Waals surface area contributed by atoms with E-state index >= 15 is 0 Å². The van der Waals surface area contributed by atoms with E-state index in [0.29, 0.717) is 11.6 Å². The molecule has 1 aliphatic heterocycles. The Hall–Kier alpha value is -2.28. The maximum atomic E-state index is 12.5. The van der Waals surface area contributed by atoms with Crippen LogP contribution in [0.4, 0.5) is 18.9 Å². The second-order valence-electron chi connectivity index (χ2n) is 6.21. The number of amides is 1. The molecule has 0 unspecified atom stereocenters. The highest BCUT2D eigenvalue weighted by molar-refractivity contribution is 6.30. The Kier molecular flexibility index (Phi) is 5.09. The quantitative estimate of drug-likeness (QED) is 0.800. The molecule has 3 rings (SSSR count). The van der Waals surface area contributed by atoms with Crippen LogP contribution in [0.5, 0.6) is 0 Å². The number of hydrogen-bond acceptors (Lipinski definition) is 2. The number of carbonyl (C=O) groups excluding carboxylic acids is 1. The van der Waals surface area contributed by atoms with E-state index in [-0.39, 0.29) is 23.9 Å². The summed E-state index contributed by atoms with van der Waals surface area (Å²) in [6, 6.07) is 10.1. The summed E-state index contributed by atoms with van der Waals surface area (Å²) >= 11 is 5.87. The molecule has 26 heavy (non-hydrogen) atoms. The third-order valence-electron chi connectivity index (χ3n) is 4.39. The lowest BCUT2D eigenvalue weighted by Crippen LogP contribution is -2.33. The van der Waals surface area contributed by atoms with Gasteiger partial charge in [0, 0.05) is 36.6 Å². The van der Waals surface area contributed by atoms with Crippen LogP contribution in [0.2, 0.25) is 5.02 Å². The molecule has 0 saturated carbocycles. The Morgan fingerprint density at radius 3 is 2.46 bits per heavy atom. The number of carbonyl (C=O) groups is 1. The number of alkyl halides is 3. The van der Waals surface area contributed by atoms with Gasteiger partial charge >= 0.3 is 6.18 Å². The normalized spacial score (nSPS) is 17.8. The Morgan fingerprint density at radius 2 is 1.81 bits per heavy atom. The molecule has 4 nitrogen and oxygen atoms in total. The first-order chi connectivity index (χ1) is 12.2. The molecule has 1 saturated heterocycles. The molecule has 2 heterocycles. The molecular weight excluding hydrogens is 369 g/mol. The van der Waals surface area contributed by atoms with Gasteiger partial charge in [-0.1, -0.05) is 23.7 Å². The van der Waals surface area contributed by atoms with Crippen molar-refractivity contribution >= 4 is 23.2 Å². The molecule has 0 spiro atoms. The van der Waals surface area contributed by atoms with E-state index < -0.39 is 24.7 Å². The highest BCUT2D eigenvalue weighted by atomic mass is 35.5. The number of aromatic nitrogens is 1. The first-order valence-corrected chi connectivity index (χ1v) is 8.44. The van der Waals surface area contributed by atoms with Crippen LogP contribution in [0.25, 0.3) is 0 Å². The van der Waals surface area contributed by atoms with Gasteiger partial charge in [-0.25, -0.2) is 0 Å². The molecule has 2 aromatic rings. The minimum absolute atomic E-state index is 0.0944. The van der Waals surface area contributed by atoms with E-state index in [1.165, 1.54) is 23.2 Å². The summed E-state index contributed by atoms with van der Waals surface area (Å²) in [7, 11) is 0. The number of pyridine rings is 1. The zero-order valence-corrected chi connectivity index (χ0v) is 14.4. The van der Waals surface area contributed by atoms with Gasteiger partial charge in [0.2, 0.25) is 5.91 Å². The van der Waals surface area contributed by atoms with Crippen LogP contribution < -0.4 is 10.5 Å². The summed E-state index contributed by atoms with van der Waals surface area (Å²) in [5, 5.41) is 0.588. The number of aryl methyl sites for hydroxylation is 1. The fourth-order valence-electron chi connectivity index (χ4n) is 3.05. The van der Waals surface area contributed by atoms with E-state index in [2.05, 4.69) is 0 Å². The molecule has 138 valence electrons. The van der Waals surface area contributed by atoms with E-state index in [1.807, 2.05) is 12.1 Å². The predicted octanol–water partition coefficient (Wildman–Crippen LogP) is 3.97. The number of anilines is 1. The summed E-state index contributed by atoms with van der Waals surface area (Å²) in [6.07, 6.45) is -3.91. The summed E-state index contributed by atoms with van der Waals surface area (Å²) in [5.41, 5.74) is 0.441. The van der Waals surface area contributed by atoms with Crippen molar-refractivity contribution in [2.75, 3.05) is 11.4 Å².